The molecule has 0 N–H and O–H groups in total. The zero-order chi connectivity index (χ0) is 13.7. The summed E-state index contributed by atoms with van der Waals surface area (Å²) in [5, 5.41) is 0. The first-order valence-corrected chi connectivity index (χ1v) is 6.33. The molecule has 1 fully saturated rings. The molecule has 4 nitrogen and oxygen atoms in total. The van der Waals surface area contributed by atoms with Crippen molar-refractivity contribution < 1.29 is 14.3 Å². The van der Waals surface area contributed by atoms with Gasteiger partial charge in [0.15, 0.2) is 5.78 Å². The Labute approximate surface area is 112 Å². The highest BCUT2D eigenvalue weighted by Gasteiger charge is 2.35. The van der Waals surface area contributed by atoms with Crippen molar-refractivity contribution in [2.75, 3.05) is 6.54 Å². The Hall–Kier alpha value is -2.10. The third-order valence-corrected chi connectivity index (χ3v) is 3.18. The zero-order valence-corrected chi connectivity index (χ0v) is 10.7. The van der Waals surface area contributed by atoms with Crippen LogP contribution in [0.15, 0.2) is 43.0 Å². The molecule has 1 aromatic rings. The van der Waals surface area contributed by atoms with E-state index in [1.807, 2.05) is 30.3 Å². The van der Waals surface area contributed by atoms with Crippen molar-refractivity contribution in [1.82, 2.24) is 4.90 Å². The number of hydrogen-bond acceptors (Lipinski definition) is 3. The van der Waals surface area contributed by atoms with Gasteiger partial charge in [-0.25, -0.2) is 4.79 Å². The molecular formula is C15H17NO3. The lowest BCUT2D eigenvalue weighted by molar-refractivity contribution is -0.119. The van der Waals surface area contributed by atoms with Crippen molar-refractivity contribution >= 4 is 11.9 Å². The van der Waals surface area contributed by atoms with E-state index >= 15 is 0 Å². The summed E-state index contributed by atoms with van der Waals surface area (Å²) in [7, 11) is 0. The SMILES string of the molecule is C=CCC1C(=O)CCN1C(=O)OCc1ccccc1. The van der Waals surface area contributed by atoms with Gasteiger partial charge < -0.3 is 4.74 Å². The Bertz CT molecular complexity index is 470. The van der Waals surface area contributed by atoms with E-state index in [0.717, 1.165) is 5.56 Å². The minimum absolute atomic E-state index is 0.0801. The van der Waals surface area contributed by atoms with Crippen molar-refractivity contribution in [3.05, 3.63) is 48.6 Å². The molecule has 0 bridgehead atoms. The van der Waals surface area contributed by atoms with Gasteiger partial charge in [0, 0.05) is 13.0 Å². The Morgan fingerprint density at radius 2 is 2.16 bits per heavy atom. The average molecular weight is 259 g/mol. The summed E-state index contributed by atoms with van der Waals surface area (Å²) >= 11 is 0. The molecule has 1 aliphatic heterocycles. The smallest absolute Gasteiger partial charge is 0.410 e. The summed E-state index contributed by atoms with van der Waals surface area (Å²) in [5.74, 6) is 0.0801. The minimum Gasteiger partial charge on any atom is -0.445 e. The third-order valence-electron chi connectivity index (χ3n) is 3.18. The van der Waals surface area contributed by atoms with E-state index in [9.17, 15) is 9.59 Å². The van der Waals surface area contributed by atoms with Gasteiger partial charge in [-0.1, -0.05) is 36.4 Å². The first-order valence-electron chi connectivity index (χ1n) is 6.33. The number of carbonyl (C=O) groups is 2. The molecule has 2 rings (SSSR count). The lowest BCUT2D eigenvalue weighted by Crippen LogP contribution is -2.38. The maximum absolute atomic E-state index is 12.0. The third kappa shape index (κ3) is 3.22. The van der Waals surface area contributed by atoms with Crippen LogP contribution in [-0.4, -0.2) is 29.4 Å². The molecule has 0 aliphatic carbocycles. The highest BCUT2D eigenvalue weighted by Crippen LogP contribution is 2.18. The van der Waals surface area contributed by atoms with E-state index in [2.05, 4.69) is 6.58 Å². The number of ether oxygens (including phenoxy) is 1. The Kier molecular flexibility index (Phi) is 4.34. The van der Waals surface area contributed by atoms with Gasteiger partial charge >= 0.3 is 6.09 Å². The molecule has 1 unspecified atom stereocenters. The predicted molar refractivity (Wildman–Crippen MR) is 71.6 cm³/mol. The molecule has 1 aromatic carbocycles. The quantitative estimate of drug-likeness (QED) is 0.781. The van der Waals surface area contributed by atoms with Gasteiger partial charge in [0.2, 0.25) is 0 Å². The monoisotopic (exact) mass is 259 g/mol. The van der Waals surface area contributed by atoms with Crippen molar-refractivity contribution in [1.29, 1.82) is 0 Å². The van der Waals surface area contributed by atoms with Crippen molar-refractivity contribution in [2.45, 2.75) is 25.5 Å². The van der Waals surface area contributed by atoms with Crippen LogP contribution < -0.4 is 0 Å². The number of hydrogen-bond donors (Lipinski definition) is 0. The van der Waals surface area contributed by atoms with Gasteiger partial charge in [-0.15, -0.1) is 6.58 Å². The van der Waals surface area contributed by atoms with Gasteiger partial charge in [0.1, 0.15) is 6.61 Å². The molecule has 1 aliphatic rings. The Morgan fingerprint density at radius 3 is 2.84 bits per heavy atom. The van der Waals surface area contributed by atoms with Crippen LogP contribution in [0.1, 0.15) is 18.4 Å². The van der Waals surface area contributed by atoms with Crippen LogP contribution in [0.2, 0.25) is 0 Å². The molecule has 4 heteroatoms. The molecule has 0 spiro atoms. The highest BCUT2D eigenvalue weighted by atomic mass is 16.6. The molecule has 1 saturated heterocycles. The predicted octanol–water partition coefficient (Wildman–Crippen LogP) is 2.54. The molecule has 0 radical (unpaired) electrons. The molecule has 0 aromatic heterocycles. The fourth-order valence-corrected chi connectivity index (χ4v) is 2.16. The summed E-state index contributed by atoms with van der Waals surface area (Å²) in [6, 6.07) is 9.07. The number of Topliss-reactive ketones (excluding diaryl/α,β-unsaturated/α-hetero) is 1. The number of ketones is 1. The maximum Gasteiger partial charge on any atom is 0.410 e. The number of likely N-dealkylation sites (tertiary alicyclic amines) is 1. The Balaban J connectivity index is 1.92. The van der Waals surface area contributed by atoms with E-state index in [1.165, 1.54) is 4.90 Å². The summed E-state index contributed by atoms with van der Waals surface area (Å²) in [5.41, 5.74) is 0.932. The van der Waals surface area contributed by atoms with Crippen molar-refractivity contribution in [2.24, 2.45) is 0 Å². The molecule has 1 atom stereocenters. The van der Waals surface area contributed by atoms with E-state index in [1.54, 1.807) is 6.08 Å². The van der Waals surface area contributed by atoms with Crippen molar-refractivity contribution in [3.63, 3.8) is 0 Å². The summed E-state index contributed by atoms with van der Waals surface area (Å²) < 4.78 is 5.24. The molecule has 1 amide bonds. The normalized spacial score (nSPS) is 18.4. The van der Waals surface area contributed by atoms with Crippen LogP contribution in [0.5, 0.6) is 0 Å². The van der Waals surface area contributed by atoms with E-state index in [-0.39, 0.29) is 12.4 Å². The first-order chi connectivity index (χ1) is 9.22. The van der Waals surface area contributed by atoms with Gasteiger partial charge in [0.05, 0.1) is 6.04 Å². The van der Waals surface area contributed by atoms with Gasteiger partial charge in [-0.2, -0.15) is 0 Å². The number of amides is 1. The van der Waals surface area contributed by atoms with Crippen LogP contribution in [0.4, 0.5) is 4.79 Å². The van der Waals surface area contributed by atoms with Gasteiger partial charge in [-0.3, -0.25) is 9.69 Å². The minimum atomic E-state index is -0.429. The van der Waals surface area contributed by atoms with E-state index in [4.69, 9.17) is 4.74 Å². The van der Waals surface area contributed by atoms with E-state index < -0.39 is 12.1 Å². The van der Waals surface area contributed by atoms with Crippen LogP contribution in [0, 0.1) is 0 Å². The fraction of sp³-hybridized carbons (Fsp3) is 0.333. The van der Waals surface area contributed by atoms with E-state index in [0.29, 0.717) is 19.4 Å². The molecular weight excluding hydrogens is 242 g/mol. The average Bonchev–Trinajstić information content (AvgIpc) is 2.80. The second-order valence-electron chi connectivity index (χ2n) is 4.49. The van der Waals surface area contributed by atoms with Gasteiger partial charge in [0.25, 0.3) is 0 Å². The molecule has 0 saturated carbocycles. The fourth-order valence-electron chi connectivity index (χ4n) is 2.16. The number of nitrogens with zero attached hydrogens (tertiary/aromatic N) is 1. The topological polar surface area (TPSA) is 46.6 Å². The lowest BCUT2D eigenvalue weighted by Gasteiger charge is -2.21. The molecule has 1 heterocycles. The summed E-state index contributed by atoms with van der Waals surface area (Å²) in [4.78, 5) is 25.1. The standard InChI is InChI=1S/C15H17NO3/c1-2-6-13-14(17)9-10-16(13)15(18)19-11-12-7-4-3-5-8-12/h2-5,7-8,13H,1,6,9-11H2. The van der Waals surface area contributed by atoms with Gasteiger partial charge in [-0.05, 0) is 12.0 Å². The molecule has 100 valence electrons. The second-order valence-corrected chi connectivity index (χ2v) is 4.49. The zero-order valence-electron chi connectivity index (χ0n) is 10.7. The lowest BCUT2D eigenvalue weighted by atomic mass is 10.1. The number of rotatable bonds is 4. The number of benzene rings is 1. The Morgan fingerprint density at radius 1 is 1.42 bits per heavy atom. The van der Waals surface area contributed by atoms with Crippen LogP contribution in [-0.2, 0) is 16.1 Å². The molecule has 19 heavy (non-hydrogen) atoms. The maximum atomic E-state index is 12.0. The largest absolute Gasteiger partial charge is 0.445 e. The summed E-state index contributed by atoms with van der Waals surface area (Å²) in [6.45, 7) is 4.28. The number of carbonyl (C=O) groups excluding carboxylic acids is 2. The highest BCUT2D eigenvalue weighted by molar-refractivity contribution is 5.90. The first kappa shape index (κ1) is 13.3. The van der Waals surface area contributed by atoms with Crippen LogP contribution in [0.3, 0.4) is 0 Å². The van der Waals surface area contributed by atoms with Crippen molar-refractivity contribution in [3.8, 4) is 0 Å². The second kappa shape index (κ2) is 6.18. The van der Waals surface area contributed by atoms with Crippen LogP contribution >= 0.6 is 0 Å². The van der Waals surface area contributed by atoms with Crippen LogP contribution in [0.25, 0.3) is 0 Å². The summed E-state index contributed by atoms with van der Waals surface area (Å²) in [6.07, 6.45) is 2.12.